The summed E-state index contributed by atoms with van der Waals surface area (Å²) in [6, 6.07) is 13.0. The van der Waals surface area contributed by atoms with E-state index in [0.717, 1.165) is 29.4 Å². The number of nitrogens with one attached hydrogen (secondary N) is 2. The molecule has 0 bridgehead atoms. The highest BCUT2D eigenvalue weighted by atomic mass is 15.2. The second-order valence-electron chi connectivity index (χ2n) is 6.05. The van der Waals surface area contributed by atoms with E-state index in [9.17, 15) is 0 Å². The molecule has 0 spiro atoms. The number of aryl methyl sites for hydroxylation is 2. The first-order valence-electron chi connectivity index (χ1n) is 8.02. The summed E-state index contributed by atoms with van der Waals surface area (Å²) in [7, 11) is 1.95. The Bertz CT molecular complexity index is 913. The van der Waals surface area contributed by atoms with E-state index < -0.39 is 0 Å². The minimum absolute atomic E-state index is 0.585. The van der Waals surface area contributed by atoms with Gasteiger partial charge < -0.3 is 10.6 Å². The molecule has 2 N–H and O–H groups in total. The highest BCUT2D eigenvalue weighted by molar-refractivity contribution is 5.82. The molecule has 0 saturated heterocycles. The first-order chi connectivity index (χ1) is 11.6. The van der Waals surface area contributed by atoms with Crippen LogP contribution in [-0.2, 0) is 6.42 Å². The molecule has 0 amide bonds. The van der Waals surface area contributed by atoms with Gasteiger partial charge >= 0.3 is 0 Å². The molecule has 1 heterocycles. The lowest BCUT2D eigenvalue weighted by Crippen LogP contribution is -2.02. The lowest BCUT2D eigenvalue weighted by molar-refractivity contribution is 0.928. The van der Waals surface area contributed by atoms with Gasteiger partial charge in [0.1, 0.15) is 11.6 Å². The summed E-state index contributed by atoms with van der Waals surface area (Å²) in [6.07, 6.45) is 0.985. The third-order valence-electron chi connectivity index (χ3n) is 4.29. The average molecular weight is 317 g/mol. The van der Waals surface area contributed by atoms with Crippen molar-refractivity contribution in [1.82, 2.24) is 15.0 Å². The molecular formula is C19H19N5. The number of aromatic nitrogens is 3. The van der Waals surface area contributed by atoms with E-state index >= 15 is 0 Å². The number of hydrogen-bond acceptors (Lipinski definition) is 5. The van der Waals surface area contributed by atoms with Gasteiger partial charge in [0, 0.05) is 18.4 Å². The fraction of sp³-hybridized carbons (Fsp3) is 0.211. The van der Waals surface area contributed by atoms with Crippen LogP contribution < -0.4 is 10.6 Å². The summed E-state index contributed by atoms with van der Waals surface area (Å²) in [5.41, 5.74) is 7.41. The molecule has 0 saturated carbocycles. The number of fused-ring (bicyclic) bond motifs is 3. The minimum Gasteiger partial charge on any atom is -0.388 e. The molecule has 24 heavy (non-hydrogen) atoms. The molecule has 2 aromatic carbocycles. The second kappa shape index (κ2) is 5.60. The topological polar surface area (TPSA) is 62.7 Å². The first kappa shape index (κ1) is 14.6. The van der Waals surface area contributed by atoms with Crippen LogP contribution in [0.4, 0.5) is 17.3 Å². The van der Waals surface area contributed by atoms with Crippen molar-refractivity contribution in [3.05, 3.63) is 59.2 Å². The fourth-order valence-electron chi connectivity index (χ4n) is 3.20. The zero-order valence-corrected chi connectivity index (χ0v) is 14.0. The van der Waals surface area contributed by atoms with Gasteiger partial charge in [0.05, 0.1) is 0 Å². The lowest BCUT2D eigenvalue weighted by atomic mass is 10.0. The SMILES string of the molecule is CNc1ccc2c(c1)-c1cc(Nc3nc(C)nc(C)n3)ccc1C2. The van der Waals surface area contributed by atoms with Crippen LogP contribution in [0.1, 0.15) is 22.8 Å². The van der Waals surface area contributed by atoms with Crippen LogP contribution in [0.25, 0.3) is 11.1 Å². The summed E-state index contributed by atoms with van der Waals surface area (Å²) < 4.78 is 0. The summed E-state index contributed by atoms with van der Waals surface area (Å²) in [6.45, 7) is 3.75. The second-order valence-corrected chi connectivity index (χ2v) is 6.05. The summed E-state index contributed by atoms with van der Waals surface area (Å²) in [5, 5.41) is 6.51. The monoisotopic (exact) mass is 317 g/mol. The number of nitrogens with zero attached hydrogens (tertiary/aromatic N) is 3. The van der Waals surface area contributed by atoms with E-state index in [1.165, 1.54) is 22.3 Å². The Morgan fingerprint density at radius 3 is 2.00 bits per heavy atom. The van der Waals surface area contributed by atoms with Crippen LogP contribution >= 0.6 is 0 Å². The van der Waals surface area contributed by atoms with Crippen molar-refractivity contribution in [2.45, 2.75) is 20.3 Å². The predicted octanol–water partition coefficient (Wildman–Crippen LogP) is 3.84. The molecule has 120 valence electrons. The van der Waals surface area contributed by atoms with Crippen molar-refractivity contribution in [2.24, 2.45) is 0 Å². The summed E-state index contributed by atoms with van der Waals surface area (Å²) >= 11 is 0. The van der Waals surface area contributed by atoms with E-state index in [-0.39, 0.29) is 0 Å². The Morgan fingerprint density at radius 2 is 1.38 bits per heavy atom. The maximum absolute atomic E-state index is 4.35. The summed E-state index contributed by atoms with van der Waals surface area (Å²) in [4.78, 5) is 12.9. The molecule has 5 heteroatoms. The van der Waals surface area contributed by atoms with Crippen molar-refractivity contribution < 1.29 is 0 Å². The molecule has 0 unspecified atom stereocenters. The molecule has 1 aromatic heterocycles. The fourth-order valence-corrected chi connectivity index (χ4v) is 3.20. The number of anilines is 3. The molecule has 1 aliphatic rings. The Hall–Kier alpha value is -2.95. The highest BCUT2D eigenvalue weighted by Crippen LogP contribution is 2.39. The largest absolute Gasteiger partial charge is 0.388 e. The number of hydrogen-bond donors (Lipinski definition) is 2. The van der Waals surface area contributed by atoms with Crippen molar-refractivity contribution in [2.75, 3.05) is 17.7 Å². The van der Waals surface area contributed by atoms with Crippen molar-refractivity contribution in [3.63, 3.8) is 0 Å². The molecule has 1 aliphatic carbocycles. The third-order valence-corrected chi connectivity index (χ3v) is 4.29. The lowest BCUT2D eigenvalue weighted by Gasteiger charge is -2.09. The zero-order chi connectivity index (χ0) is 16.7. The Morgan fingerprint density at radius 1 is 0.792 bits per heavy atom. The Balaban J connectivity index is 1.71. The maximum atomic E-state index is 4.35. The van der Waals surface area contributed by atoms with E-state index in [2.05, 4.69) is 62.0 Å². The van der Waals surface area contributed by atoms with Crippen LogP contribution in [0, 0.1) is 13.8 Å². The third kappa shape index (κ3) is 2.58. The summed E-state index contributed by atoms with van der Waals surface area (Å²) in [5.74, 6) is 2.02. The molecule has 5 nitrogen and oxygen atoms in total. The van der Waals surface area contributed by atoms with Gasteiger partial charge in [0.2, 0.25) is 5.95 Å². The van der Waals surface area contributed by atoms with E-state index in [4.69, 9.17) is 0 Å². The van der Waals surface area contributed by atoms with E-state index in [1.54, 1.807) is 0 Å². The normalized spacial score (nSPS) is 11.8. The minimum atomic E-state index is 0.585. The maximum Gasteiger partial charge on any atom is 0.230 e. The number of benzene rings is 2. The van der Waals surface area contributed by atoms with Gasteiger partial charge in [-0.3, -0.25) is 0 Å². The van der Waals surface area contributed by atoms with E-state index in [0.29, 0.717) is 5.95 Å². The van der Waals surface area contributed by atoms with Crippen LogP contribution in [0.15, 0.2) is 36.4 Å². The molecule has 0 aliphatic heterocycles. The average Bonchev–Trinajstić information content (AvgIpc) is 2.91. The van der Waals surface area contributed by atoms with Crippen LogP contribution in [0.5, 0.6) is 0 Å². The molecule has 3 aromatic rings. The van der Waals surface area contributed by atoms with Crippen LogP contribution in [0.3, 0.4) is 0 Å². The van der Waals surface area contributed by atoms with Crippen molar-refractivity contribution in [3.8, 4) is 11.1 Å². The standard InChI is InChI=1S/C19H19N5/c1-11-21-12(2)23-19(22-11)24-16-7-5-14-8-13-4-6-15(20-3)9-17(13)18(14)10-16/h4-7,9-10,20H,8H2,1-3H3,(H,21,22,23,24). The smallest absolute Gasteiger partial charge is 0.230 e. The van der Waals surface area contributed by atoms with Gasteiger partial charge in [-0.2, -0.15) is 9.97 Å². The molecule has 0 radical (unpaired) electrons. The van der Waals surface area contributed by atoms with Gasteiger partial charge in [-0.25, -0.2) is 4.98 Å². The van der Waals surface area contributed by atoms with Gasteiger partial charge in [-0.15, -0.1) is 0 Å². The first-order valence-corrected chi connectivity index (χ1v) is 8.02. The van der Waals surface area contributed by atoms with Crippen molar-refractivity contribution >= 4 is 17.3 Å². The molecule has 0 atom stereocenters. The van der Waals surface area contributed by atoms with Crippen LogP contribution in [0.2, 0.25) is 0 Å². The van der Waals surface area contributed by atoms with Crippen LogP contribution in [-0.4, -0.2) is 22.0 Å². The molecule has 4 rings (SSSR count). The Labute approximate surface area is 141 Å². The Kier molecular flexibility index (Phi) is 3.41. The van der Waals surface area contributed by atoms with Gasteiger partial charge in [0.25, 0.3) is 0 Å². The van der Waals surface area contributed by atoms with Gasteiger partial charge in [-0.05, 0) is 66.8 Å². The highest BCUT2D eigenvalue weighted by Gasteiger charge is 2.19. The van der Waals surface area contributed by atoms with E-state index in [1.807, 2.05) is 20.9 Å². The molecular weight excluding hydrogens is 298 g/mol. The predicted molar refractivity (Wildman–Crippen MR) is 96.8 cm³/mol. The van der Waals surface area contributed by atoms with Crippen molar-refractivity contribution in [1.29, 1.82) is 0 Å². The quantitative estimate of drug-likeness (QED) is 0.601. The van der Waals surface area contributed by atoms with Gasteiger partial charge in [0.15, 0.2) is 0 Å². The number of rotatable bonds is 3. The zero-order valence-electron chi connectivity index (χ0n) is 14.0. The van der Waals surface area contributed by atoms with Gasteiger partial charge in [-0.1, -0.05) is 12.1 Å². The molecule has 0 fully saturated rings.